The molecule has 8 aromatic carbocycles. The van der Waals surface area contributed by atoms with Crippen molar-refractivity contribution in [1.82, 2.24) is 9.97 Å². The maximum absolute atomic E-state index is 6.32. The summed E-state index contributed by atoms with van der Waals surface area (Å²) in [5.41, 5.74) is 7.86. The Kier molecular flexibility index (Phi) is 5.57. The van der Waals surface area contributed by atoms with E-state index in [1.165, 1.54) is 21.5 Å². The van der Waals surface area contributed by atoms with E-state index in [1.807, 2.05) is 12.1 Å². The molecule has 47 heavy (non-hydrogen) atoms. The van der Waals surface area contributed by atoms with E-state index in [-0.39, 0.29) is 0 Å². The average molecular weight is 599 g/mol. The quantitative estimate of drug-likeness (QED) is 0.190. The summed E-state index contributed by atoms with van der Waals surface area (Å²) >= 11 is 0. The maximum atomic E-state index is 6.32. The largest absolute Gasteiger partial charge is 0.456 e. The molecule has 0 radical (unpaired) electrons. The highest BCUT2D eigenvalue weighted by atomic mass is 16.3. The van der Waals surface area contributed by atoms with Crippen LogP contribution in [0.4, 0.5) is 0 Å². The van der Waals surface area contributed by atoms with Crippen LogP contribution in [-0.2, 0) is 0 Å². The van der Waals surface area contributed by atoms with Crippen molar-refractivity contribution < 1.29 is 4.42 Å². The molecule has 0 spiro atoms. The summed E-state index contributed by atoms with van der Waals surface area (Å²) in [7, 11) is 0. The van der Waals surface area contributed by atoms with Gasteiger partial charge in [0.2, 0.25) is 0 Å². The number of nitrogens with zero attached hydrogens (tertiary/aromatic N) is 2. The van der Waals surface area contributed by atoms with Crippen molar-refractivity contribution in [2.24, 2.45) is 0 Å². The Morgan fingerprint density at radius 1 is 0.362 bits per heavy atom. The van der Waals surface area contributed by atoms with Crippen molar-refractivity contribution in [1.29, 1.82) is 0 Å². The lowest BCUT2D eigenvalue weighted by atomic mass is 9.92. The first kappa shape index (κ1) is 26.0. The fraction of sp³-hybridized carbons (Fsp3) is 0. The van der Waals surface area contributed by atoms with Gasteiger partial charge in [0.25, 0.3) is 0 Å². The minimum absolute atomic E-state index is 0.695. The molecule has 0 N–H and O–H groups in total. The number of para-hydroxylation sites is 1. The molecule has 0 aliphatic carbocycles. The van der Waals surface area contributed by atoms with Gasteiger partial charge in [-0.05, 0) is 74.5 Å². The van der Waals surface area contributed by atoms with Gasteiger partial charge in [0, 0.05) is 32.7 Å². The SMILES string of the molecule is c1ccc(-c2cc(-c3nc(-c4ccc5c(c4)oc4ccccc45)c4ccc5ccccc5c4n3)cc3c2ccc2ccccc23)cc1. The number of rotatable bonds is 3. The fourth-order valence-corrected chi connectivity index (χ4v) is 7.19. The summed E-state index contributed by atoms with van der Waals surface area (Å²) in [6, 6.07) is 55.6. The highest BCUT2D eigenvalue weighted by Gasteiger charge is 2.18. The smallest absolute Gasteiger partial charge is 0.160 e. The molecule has 0 saturated carbocycles. The monoisotopic (exact) mass is 598 g/mol. The van der Waals surface area contributed by atoms with Crippen molar-refractivity contribution in [3.8, 4) is 33.8 Å². The number of fused-ring (bicyclic) bond motifs is 9. The predicted octanol–water partition coefficient (Wildman–Crippen LogP) is 12.0. The van der Waals surface area contributed by atoms with Gasteiger partial charge < -0.3 is 4.42 Å². The first-order chi connectivity index (χ1) is 23.3. The third-order valence-corrected chi connectivity index (χ3v) is 9.45. The molecule has 0 atom stereocenters. The Balaban J connectivity index is 1.30. The molecule has 0 aliphatic rings. The zero-order valence-corrected chi connectivity index (χ0v) is 25.3. The molecule has 0 unspecified atom stereocenters. The van der Waals surface area contributed by atoms with Gasteiger partial charge in [0.1, 0.15) is 11.2 Å². The normalized spacial score (nSPS) is 11.8. The van der Waals surface area contributed by atoms with Gasteiger partial charge >= 0.3 is 0 Å². The van der Waals surface area contributed by atoms with Crippen molar-refractivity contribution >= 4 is 65.2 Å². The molecule has 3 nitrogen and oxygen atoms in total. The second kappa shape index (κ2) is 10.1. The number of hydrogen-bond acceptors (Lipinski definition) is 3. The van der Waals surface area contributed by atoms with Crippen LogP contribution in [0.5, 0.6) is 0 Å². The van der Waals surface area contributed by atoms with Crippen LogP contribution in [-0.4, -0.2) is 9.97 Å². The lowest BCUT2D eigenvalue weighted by molar-refractivity contribution is 0.669. The van der Waals surface area contributed by atoms with E-state index < -0.39 is 0 Å². The molecular weight excluding hydrogens is 572 g/mol. The van der Waals surface area contributed by atoms with Crippen molar-refractivity contribution in [2.75, 3.05) is 0 Å². The molecule has 0 amide bonds. The third-order valence-electron chi connectivity index (χ3n) is 9.45. The van der Waals surface area contributed by atoms with Crippen LogP contribution >= 0.6 is 0 Å². The van der Waals surface area contributed by atoms with Crippen LogP contribution in [0.3, 0.4) is 0 Å². The Morgan fingerprint density at radius 3 is 1.87 bits per heavy atom. The Morgan fingerprint density at radius 2 is 1.02 bits per heavy atom. The standard InChI is InChI=1S/C44H26N2O/c1-2-10-27(11-3-1)38-24-31(25-39-32-14-6-4-12-28(32)18-21-34(38)39)44-45-42(37-23-19-29-13-5-7-15-33(29)43(37)46-44)30-20-22-36-35-16-8-9-17-40(35)47-41(36)26-30/h1-26H. The lowest BCUT2D eigenvalue weighted by Crippen LogP contribution is -1.97. The zero-order chi connectivity index (χ0) is 30.9. The first-order valence-corrected chi connectivity index (χ1v) is 15.9. The Hall–Kier alpha value is -6.32. The van der Waals surface area contributed by atoms with Crippen molar-refractivity contribution in [3.63, 3.8) is 0 Å². The molecule has 2 heterocycles. The van der Waals surface area contributed by atoms with E-state index in [9.17, 15) is 0 Å². The van der Waals surface area contributed by atoms with Gasteiger partial charge in [-0.3, -0.25) is 0 Å². The molecule has 3 heteroatoms. The minimum atomic E-state index is 0.695. The van der Waals surface area contributed by atoms with Gasteiger partial charge in [-0.15, -0.1) is 0 Å². The summed E-state index contributed by atoms with van der Waals surface area (Å²) in [5, 5.41) is 10.3. The summed E-state index contributed by atoms with van der Waals surface area (Å²) < 4.78 is 6.32. The number of furan rings is 1. The van der Waals surface area contributed by atoms with Gasteiger partial charge in [-0.1, -0.05) is 121 Å². The van der Waals surface area contributed by atoms with Gasteiger partial charge in [-0.2, -0.15) is 0 Å². The van der Waals surface area contributed by atoms with Crippen LogP contribution in [0.1, 0.15) is 0 Å². The van der Waals surface area contributed by atoms with Crippen LogP contribution in [0, 0.1) is 0 Å². The molecule has 218 valence electrons. The molecule has 0 aliphatic heterocycles. The summed E-state index contributed by atoms with van der Waals surface area (Å²) in [6.45, 7) is 0. The summed E-state index contributed by atoms with van der Waals surface area (Å²) in [5.74, 6) is 0.695. The molecule has 2 aromatic heterocycles. The minimum Gasteiger partial charge on any atom is -0.456 e. The second-order valence-corrected chi connectivity index (χ2v) is 12.2. The van der Waals surface area contributed by atoms with E-state index in [1.54, 1.807) is 0 Å². The highest BCUT2D eigenvalue weighted by molar-refractivity contribution is 6.15. The van der Waals surface area contributed by atoms with Gasteiger partial charge in [0.05, 0.1) is 11.2 Å². The molecule has 10 aromatic rings. The number of benzene rings is 8. The zero-order valence-electron chi connectivity index (χ0n) is 25.3. The van der Waals surface area contributed by atoms with Gasteiger partial charge in [-0.25, -0.2) is 9.97 Å². The number of hydrogen-bond donors (Lipinski definition) is 0. The van der Waals surface area contributed by atoms with Crippen LogP contribution < -0.4 is 0 Å². The average Bonchev–Trinajstić information content (AvgIpc) is 3.52. The van der Waals surface area contributed by atoms with Crippen molar-refractivity contribution in [3.05, 3.63) is 158 Å². The van der Waals surface area contributed by atoms with Crippen LogP contribution in [0.2, 0.25) is 0 Å². The fourth-order valence-electron chi connectivity index (χ4n) is 7.19. The van der Waals surface area contributed by atoms with E-state index in [2.05, 4.69) is 146 Å². The van der Waals surface area contributed by atoms with E-state index in [0.29, 0.717) is 5.82 Å². The molecule has 10 rings (SSSR count). The Bertz CT molecular complexity index is 2850. The summed E-state index contributed by atoms with van der Waals surface area (Å²) in [6.07, 6.45) is 0. The second-order valence-electron chi connectivity index (χ2n) is 12.2. The molecular formula is C44H26N2O. The highest BCUT2D eigenvalue weighted by Crippen LogP contribution is 2.40. The Labute approximate surface area is 270 Å². The van der Waals surface area contributed by atoms with Gasteiger partial charge in [0.15, 0.2) is 5.82 Å². The molecule has 0 fully saturated rings. The van der Waals surface area contributed by atoms with E-state index in [4.69, 9.17) is 14.4 Å². The lowest BCUT2D eigenvalue weighted by Gasteiger charge is -2.15. The third kappa shape index (κ3) is 4.07. The maximum Gasteiger partial charge on any atom is 0.160 e. The van der Waals surface area contributed by atoms with Crippen molar-refractivity contribution in [2.45, 2.75) is 0 Å². The predicted molar refractivity (Wildman–Crippen MR) is 196 cm³/mol. The van der Waals surface area contributed by atoms with E-state index >= 15 is 0 Å². The topological polar surface area (TPSA) is 38.9 Å². The number of aromatic nitrogens is 2. The van der Waals surface area contributed by atoms with E-state index in [0.717, 1.165) is 71.6 Å². The molecule has 0 bridgehead atoms. The van der Waals surface area contributed by atoms with Crippen LogP contribution in [0.25, 0.3) is 98.9 Å². The molecule has 0 saturated heterocycles. The summed E-state index contributed by atoms with van der Waals surface area (Å²) in [4.78, 5) is 10.7. The van der Waals surface area contributed by atoms with Crippen LogP contribution in [0.15, 0.2) is 162 Å². The first-order valence-electron chi connectivity index (χ1n) is 15.9.